The maximum atomic E-state index is 9.76. The molecule has 0 fully saturated rings. The van der Waals surface area contributed by atoms with Crippen LogP contribution in [0, 0.1) is 0 Å². The first-order chi connectivity index (χ1) is 11.4. The summed E-state index contributed by atoms with van der Waals surface area (Å²) in [6.07, 6.45) is 9.40. The quantitative estimate of drug-likeness (QED) is 0.475. The molecule has 2 rings (SSSR count). The molecule has 0 spiro atoms. The monoisotopic (exact) mass is 320 g/mol. The summed E-state index contributed by atoms with van der Waals surface area (Å²) in [6.45, 7) is 5.89. The van der Waals surface area contributed by atoms with Crippen LogP contribution >= 0.6 is 0 Å². The third-order valence-electron chi connectivity index (χ3n) is 4.05. The van der Waals surface area contributed by atoms with Crippen molar-refractivity contribution in [1.29, 1.82) is 0 Å². The maximum absolute atomic E-state index is 9.76. The number of hydrogen-bond donors (Lipinski definition) is 1. The normalized spacial score (nSPS) is 12.8. The van der Waals surface area contributed by atoms with E-state index in [4.69, 9.17) is 0 Å². The fourth-order valence-corrected chi connectivity index (χ4v) is 2.62. The Morgan fingerprint density at radius 3 is 2.33 bits per heavy atom. The van der Waals surface area contributed by atoms with Gasteiger partial charge in [0.05, 0.1) is 5.60 Å². The molecule has 2 aromatic carbocycles. The number of benzene rings is 2. The van der Waals surface area contributed by atoms with Gasteiger partial charge in [-0.2, -0.15) is 0 Å². The van der Waals surface area contributed by atoms with Gasteiger partial charge in [0.2, 0.25) is 0 Å². The van der Waals surface area contributed by atoms with Crippen LogP contribution < -0.4 is 0 Å². The summed E-state index contributed by atoms with van der Waals surface area (Å²) in [5.74, 6) is 0. The van der Waals surface area contributed by atoms with Crippen molar-refractivity contribution in [3.05, 3.63) is 77.4 Å². The summed E-state index contributed by atoms with van der Waals surface area (Å²) in [4.78, 5) is 0. The van der Waals surface area contributed by atoms with E-state index >= 15 is 0 Å². The molecule has 0 aliphatic rings. The predicted octanol–water partition coefficient (Wildman–Crippen LogP) is 6.20. The van der Waals surface area contributed by atoms with Crippen molar-refractivity contribution >= 4 is 17.7 Å². The van der Waals surface area contributed by atoms with E-state index in [1.54, 1.807) is 0 Å². The lowest BCUT2D eigenvalue weighted by atomic mass is 9.99. The fourth-order valence-electron chi connectivity index (χ4n) is 2.62. The number of hydrogen-bond acceptors (Lipinski definition) is 1. The molecule has 126 valence electrons. The summed E-state index contributed by atoms with van der Waals surface area (Å²) >= 11 is 0. The van der Waals surface area contributed by atoms with Crippen molar-refractivity contribution in [3.8, 4) is 0 Å². The van der Waals surface area contributed by atoms with E-state index < -0.39 is 5.60 Å². The molecule has 1 heteroatoms. The molecule has 0 amide bonds. The third kappa shape index (κ3) is 6.55. The zero-order valence-electron chi connectivity index (χ0n) is 15.0. The van der Waals surface area contributed by atoms with Crippen molar-refractivity contribution in [3.63, 3.8) is 0 Å². The van der Waals surface area contributed by atoms with Crippen LogP contribution in [0.25, 0.3) is 17.7 Å². The second kappa shape index (κ2) is 8.65. The second-order valence-corrected chi connectivity index (χ2v) is 6.96. The van der Waals surface area contributed by atoms with E-state index in [1.807, 2.05) is 19.9 Å². The summed E-state index contributed by atoms with van der Waals surface area (Å²) in [7, 11) is 0. The molecular formula is C23H28O. The van der Waals surface area contributed by atoms with Gasteiger partial charge in [0.25, 0.3) is 0 Å². The van der Waals surface area contributed by atoms with Crippen LogP contribution in [0.4, 0.5) is 0 Å². The molecule has 0 aliphatic heterocycles. The Balaban J connectivity index is 2.00. The zero-order valence-corrected chi connectivity index (χ0v) is 15.0. The lowest BCUT2D eigenvalue weighted by Crippen LogP contribution is -2.17. The average molecular weight is 320 g/mol. The molecule has 0 heterocycles. The van der Waals surface area contributed by atoms with Crippen molar-refractivity contribution in [2.45, 2.75) is 45.6 Å². The molecule has 24 heavy (non-hydrogen) atoms. The van der Waals surface area contributed by atoms with Gasteiger partial charge in [-0.25, -0.2) is 0 Å². The van der Waals surface area contributed by atoms with Crippen LogP contribution in [-0.4, -0.2) is 10.7 Å². The van der Waals surface area contributed by atoms with Crippen LogP contribution in [0.3, 0.4) is 0 Å². The van der Waals surface area contributed by atoms with Crippen LogP contribution in [0.15, 0.2) is 60.7 Å². The molecule has 1 nitrogen and oxygen atoms in total. The van der Waals surface area contributed by atoms with Crippen LogP contribution in [0.1, 0.15) is 56.7 Å². The average Bonchev–Trinajstić information content (AvgIpc) is 2.57. The van der Waals surface area contributed by atoms with Gasteiger partial charge in [-0.15, -0.1) is 0 Å². The van der Waals surface area contributed by atoms with Gasteiger partial charge in [0.15, 0.2) is 0 Å². The lowest BCUT2D eigenvalue weighted by Gasteiger charge is -2.15. The zero-order chi connectivity index (χ0) is 17.4. The first-order valence-electron chi connectivity index (χ1n) is 8.67. The number of unbranched alkanes of at least 4 members (excludes halogenated alkanes) is 1. The summed E-state index contributed by atoms with van der Waals surface area (Å²) in [5.41, 5.74) is 4.40. The van der Waals surface area contributed by atoms with E-state index in [1.165, 1.54) is 22.3 Å². The second-order valence-electron chi connectivity index (χ2n) is 6.96. The molecule has 0 radical (unpaired) electrons. The van der Waals surface area contributed by atoms with Crippen molar-refractivity contribution < 1.29 is 5.11 Å². The van der Waals surface area contributed by atoms with Crippen molar-refractivity contribution in [1.82, 2.24) is 0 Å². The van der Waals surface area contributed by atoms with Gasteiger partial charge in [0.1, 0.15) is 0 Å². The first-order valence-corrected chi connectivity index (χ1v) is 8.67. The minimum Gasteiger partial charge on any atom is -0.390 e. The Morgan fingerprint density at radius 1 is 0.958 bits per heavy atom. The SMILES string of the molecule is CC(=CCCCC(C)(C)O)c1cccc(C=Cc2ccccc2)c1. The van der Waals surface area contributed by atoms with E-state index in [9.17, 15) is 5.11 Å². The molecule has 0 unspecified atom stereocenters. The molecule has 0 bridgehead atoms. The maximum Gasteiger partial charge on any atom is 0.0591 e. The van der Waals surface area contributed by atoms with Gasteiger partial charge in [0, 0.05) is 0 Å². The Hall–Kier alpha value is -2.12. The standard InChI is InChI=1S/C23H28O/c1-19(10-7-8-17-23(2,3)24)22-14-9-13-21(18-22)16-15-20-11-5-4-6-12-20/h4-6,9-16,18,24H,7-8,17H2,1-3H3. The minimum absolute atomic E-state index is 0.566. The van der Waals surface area contributed by atoms with Crippen LogP contribution in [-0.2, 0) is 0 Å². The van der Waals surface area contributed by atoms with Crippen LogP contribution in [0.5, 0.6) is 0 Å². The van der Waals surface area contributed by atoms with Crippen LogP contribution in [0.2, 0.25) is 0 Å². The van der Waals surface area contributed by atoms with Gasteiger partial charge < -0.3 is 5.11 Å². The van der Waals surface area contributed by atoms with Gasteiger partial charge >= 0.3 is 0 Å². The Morgan fingerprint density at radius 2 is 1.62 bits per heavy atom. The fraction of sp³-hybridized carbons (Fsp3) is 0.304. The molecule has 0 aliphatic carbocycles. The number of rotatable bonds is 7. The first kappa shape index (κ1) is 18.2. The van der Waals surface area contributed by atoms with E-state index in [0.29, 0.717) is 0 Å². The summed E-state index contributed by atoms with van der Waals surface area (Å²) < 4.78 is 0. The van der Waals surface area contributed by atoms with Crippen molar-refractivity contribution in [2.24, 2.45) is 0 Å². The number of aliphatic hydroxyl groups is 1. The molecule has 0 atom stereocenters. The van der Waals surface area contributed by atoms with Gasteiger partial charge in [-0.1, -0.05) is 66.8 Å². The van der Waals surface area contributed by atoms with E-state index in [0.717, 1.165) is 19.3 Å². The highest BCUT2D eigenvalue weighted by Crippen LogP contribution is 2.19. The Kier molecular flexibility index (Phi) is 6.57. The minimum atomic E-state index is -0.566. The smallest absolute Gasteiger partial charge is 0.0591 e. The molecule has 0 saturated carbocycles. The Bertz CT molecular complexity index is 687. The summed E-state index contributed by atoms with van der Waals surface area (Å²) in [5, 5.41) is 9.76. The predicted molar refractivity (Wildman–Crippen MR) is 106 cm³/mol. The largest absolute Gasteiger partial charge is 0.390 e. The molecule has 0 aromatic heterocycles. The topological polar surface area (TPSA) is 20.2 Å². The molecule has 0 saturated heterocycles. The van der Waals surface area contributed by atoms with E-state index in [-0.39, 0.29) is 0 Å². The molecule has 2 aromatic rings. The Labute approximate surface area is 146 Å². The molecule has 1 N–H and O–H groups in total. The highest BCUT2D eigenvalue weighted by molar-refractivity contribution is 5.72. The van der Waals surface area contributed by atoms with Gasteiger partial charge in [-0.05, 0) is 68.4 Å². The molecular weight excluding hydrogens is 292 g/mol. The summed E-state index contributed by atoms with van der Waals surface area (Å²) in [6, 6.07) is 19.0. The highest BCUT2D eigenvalue weighted by Gasteiger charge is 2.10. The lowest BCUT2D eigenvalue weighted by molar-refractivity contribution is 0.0691. The number of allylic oxidation sites excluding steroid dienone is 2. The third-order valence-corrected chi connectivity index (χ3v) is 4.05. The van der Waals surface area contributed by atoms with Crippen molar-refractivity contribution in [2.75, 3.05) is 0 Å². The van der Waals surface area contributed by atoms with E-state index in [2.05, 4.69) is 73.7 Å². The van der Waals surface area contributed by atoms with Gasteiger partial charge in [-0.3, -0.25) is 0 Å². The highest BCUT2D eigenvalue weighted by atomic mass is 16.3.